The van der Waals surface area contributed by atoms with Gasteiger partial charge in [-0.1, -0.05) is 0 Å². The van der Waals surface area contributed by atoms with Crippen LogP contribution >= 0.6 is 0 Å². The molecule has 1 aliphatic heterocycles. The van der Waals surface area contributed by atoms with E-state index in [0.717, 1.165) is 32.2 Å². The Morgan fingerprint density at radius 2 is 1.70 bits per heavy atom. The molecule has 3 N–H and O–H groups in total. The van der Waals surface area contributed by atoms with Crippen LogP contribution in [0.2, 0.25) is 0 Å². The molecule has 2 fully saturated rings. The quantitative estimate of drug-likeness (QED) is 0.759. The molecule has 0 aromatic heterocycles. The van der Waals surface area contributed by atoms with Gasteiger partial charge in [0.15, 0.2) is 0 Å². The molecule has 8 heteroatoms. The number of piperazine rings is 1. The van der Waals surface area contributed by atoms with E-state index in [0.29, 0.717) is 49.5 Å². The first-order valence-corrected chi connectivity index (χ1v) is 9.63. The molecule has 1 aromatic carbocycles. The van der Waals surface area contributed by atoms with Crippen LogP contribution in [0.1, 0.15) is 25.7 Å². The van der Waals surface area contributed by atoms with Crippen molar-refractivity contribution in [2.45, 2.75) is 37.9 Å². The minimum atomic E-state index is -4.18. The Kier molecular flexibility index (Phi) is 6.47. The molecule has 0 atom stereocenters. The average molecular weight is 388 g/mol. The number of halogens is 4. The van der Waals surface area contributed by atoms with Gasteiger partial charge in [-0.25, -0.2) is 4.39 Å². The van der Waals surface area contributed by atoms with E-state index in [2.05, 4.69) is 5.32 Å². The first kappa shape index (κ1) is 20.2. The molecule has 1 saturated heterocycles. The molecular formula is C19H28F4N4. The third kappa shape index (κ3) is 5.97. The maximum Gasteiger partial charge on any atom is 0.401 e. The smallest absolute Gasteiger partial charge is 0.382 e. The summed E-state index contributed by atoms with van der Waals surface area (Å²) in [4.78, 5) is 3.32. The molecule has 1 aromatic rings. The number of nitrogens with two attached hydrogens (primary N) is 1. The standard InChI is InChI=1S/C19H28F4N4/c20-17-11-16(27-9-7-26(8-10-27)13-19(21,22)23)5-6-18(17)25-12-14-1-3-15(24)4-2-14/h5-6,11,14-15,25H,1-4,7-10,12-13,24H2/t14-,15-. The molecular weight excluding hydrogens is 360 g/mol. The van der Waals surface area contributed by atoms with Crippen molar-refractivity contribution in [2.75, 3.05) is 49.5 Å². The van der Waals surface area contributed by atoms with Gasteiger partial charge in [-0.3, -0.25) is 4.90 Å². The van der Waals surface area contributed by atoms with E-state index in [1.807, 2.05) is 11.0 Å². The lowest BCUT2D eigenvalue weighted by molar-refractivity contribution is -0.146. The first-order valence-electron chi connectivity index (χ1n) is 9.63. The number of rotatable bonds is 5. The summed E-state index contributed by atoms with van der Waals surface area (Å²) in [5, 5.41) is 3.19. The maximum absolute atomic E-state index is 14.5. The van der Waals surface area contributed by atoms with Gasteiger partial charge in [0, 0.05) is 44.5 Å². The van der Waals surface area contributed by atoms with E-state index >= 15 is 0 Å². The highest BCUT2D eigenvalue weighted by molar-refractivity contribution is 5.56. The van der Waals surface area contributed by atoms with Gasteiger partial charge in [-0.05, 0) is 49.8 Å². The normalized spacial score (nSPS) is 24.9. The van der Waals surface area contributed by atoms with Crippen LogP contribution in [0.4, 0.5) is 28.9 Å². The van der Waals surface area contributed by atoms with Crippen LogP contribution in [-0.2, 0) is 0 Å². The predicted molar refractivity (Wildman–Crippen MR) is 99.5 cm³/mol. The van der Waals surface area contributed by atoms with Crippen molar-refractivity contribution in [1.29, 1.82) is 0 Å². The number of alkyl halides is 3. The van der Waals surface area contributed by atoms with Gasteiger partial charge in [-0.15, -0.1) is 0 Å². The van der Waals surface area contributed by atoms with Crippen LogP contribution in [0.3, 0.4) is 0 Å². The van der Waals surface area contributed by atoms with Gasteiger partial charge in [0.2, 0.25) is 0 Å². The van der Waals surface area contributed by atoms with E-state index in [9.17, 15) is 17.6 Å². The second-order valence-corrected chi connectivity index (χ2v) is 7.70. The molecule has 1 aliphatic carbocycles. The minimum absolute atomic E-state index is 0.300. The SMILES string of the molecule is N[C@H]1CC[C@H](CNc2ccc(N3CCN(CC(F)(F)F)CC3)cc2F)CC1. The summed E-state index contributed by atoms with van der Waals surface area (Å²) < 4.78 is 51.8. The molecule has 152 valence electrons. The molecule has 0 bridgehead atoms. The Bertz CT molecular complexity index is 606. The average Bonchev–Trinajstić information content (AvgIpc) is 2.61. The zero-order valence-electron chi connectivity index (χ0n) is 15.4. The van der Waals surface area contributed by atoms with Gasteiger partial charge in [0.1, 0.15) is 5.82 Å². The van der Waals surface area contributed by atoms with E-state index in [-0.39, 0.29) is 5.82 Å². The highest BCUT2D eigenvalue weighted by Crippen LogP contribution is 2.27. The van der Waals surface area contributed by atoms with Gasteiger partial charge < -0.3 is 16.0 Å². The lowest BCUT2D eigenvalue weighted by Gasteiger charge is -2.36. The Morgan fingerprint density at radius 1 is 1.04 bits per heavy atom. The van der Waals surface area contributed by atoms with Gasteiger partial charge in [-0.2, -0.15) is 13.2 Å². The Morgan fingerprint density at radius 3 is 2.30 bits per heavy atom. The number of nitrogens with zero attached hydrogens (tertiary/aromatic N) is 2. The highest BCUT2D eigenvalue weighted by Gasteiger charge is 2.32. The molecule has 0 unspecified atom stereocenters. The molecule has 1 heterocycles. The molecule has 1 saturated carbocycles. The lowest BCUT2D eigenvalue weighted by atomic mass is 9.86. The fraction of sp³-hybridized carbons (Fsp3) is 0.684. The van der Waals surface area contributed by atoms with Gasteiger partial charge in [0.05, 0.1) is 12.2 Å². The summed E-state index contributed by atoms with van der Waals surface area (Å²) in [5.74, 6) is 0.198. The number of hydrogen-bond donors (Lipinski definition) is 2. The maximum atomic E-state index is 14.5. The molecule has 2 aliphatic rings. The van der Waals surface area contributed by atoms with Crippen molar-refractivity contribution >= 4 is 11.4 Å². The molecule has 0 amide bonds. The zero-order chi connectivity index (χ0) is 19.4. The largest absolute Gasteiger partial charge is 0.401 e. The number of hydrogen-bond acceptors (Lipinski definition) is 4. The summed E-state index contributed by atoms with van der Waals surface area (Å²) in [7, 11) is 0. The Hall–Kier alpha value is -1.54. The minimum Gasteiger partial charge on any atom is -0.382 e. The third-order valence-corrected chi connectivity index (χ3v) is 5.57. The van der Waals surface area contributed by atoms with Crippen molar-refractivity contribution in [3.63, 3.8) is 0 Å². The van der Waals surface area contributed by atoms with E-state index in [4.69, 9.17) is 5.73 Å². The first-order chi connectivity index (χ1) is 12.8. The zero-order valence-corrected chi connectivity index (χ0v) is 15.4. The van der Waals surface area contributed by atoms with Crippen molar-refractivity contribution in [1.82, 2.24) is 4.90 Å². The van der Waals surface area contributed by atoms with Crippen molar-refractivity contribution in [3.05, 3.63) is 24.0 Å². The third-order valence-electron chi connectivity index (χ3n) is 5.57. The summed E-state index contributed by atoms with van der Waals surface area (Å²) in [6, 6.07) is 5.33. The molecule has 0 radical (unpaired) electrons. The van der Waals surface area contributed by atoms with Crippen molar-refractivity contribution in [3.8, 4) is 0 Å². The lowest BCUT2D eigenvalue weighted by Crippen LogP contribution is -2.49. The van der Waals surface area contributed by atoms with Crippen LogP contribution in [-0.4, -0.2) is 56.4 Å². The molecule has 0 spiro atoms. The van der Waals surface area contributed by atoms with Crippen LogP contribution in [0, 0.1) is 11.7 Å². The van der Waals surface area contributed by atoms with Gasteiger partial charge >= 0.3 is 6.18 Å². The Balaban J connectivity index is 1.50. The van der Waals surface area contributed by atoms with Crippen LogP contribution in [0.5, 0.6) is 0 Å². The van der Waals surface area contributed by atoms with Crippen LogP contribution in [0.15, 0.2) is 18.2 Å². The number of anilines is 2. The topological polar surface area (TPSA) is 44.5 Å². The van der Waals surface area contributed by atoms with Crippen molar-refractivity contribution in [2.24, 2.45) is 11.7 Å². The van der Waals surface area contributed by atoms with Crippen LogP contribution in [0.25, 0.3) is 0 Å². The monoisotopic (exact) mass is 388 g/mol. The number of benzene rings is 1. The van der Waals surface area contributed by atoms with E-state index in [1.165, 1.54) is 11.0 Å². The fourth-order valence-electron chi connectivity index (χ4n) is 3.91. The molecule has 27 heavy (non-hydrogen) atoms. The highest BCUT2D eigenvalue weighted by atomic mass is 19.4. The van der Waals surface area contributed by atoms with E-state index in [1.54, 1.807) is 6.07 Å². The summed E-state index contributed by atoms with van der Waals surface area (Å²) in [6.45, 7) is 1.42. The van der Waals surface area contributed by atoms with Crippen LogP contribution < -0.4 is 16.0 Å². The fourth-order valence-corrected chi connectivity index (χ4v) is 3.91. The summed E-state index contributed by atoms with van der Waals surface area (Å²) in [5.41, 5.74) is 7.10. The Labute approximate surface area is 157 Å². The second-order valence-electron chi connectivity index (χ2n) is 7.70. The summed E-state index contributed by atoms with van der Waals surface area (Å²) in [6.07, 6.45) is -0.000689. The molecule has 4 nitrogen and oxygen atoms in total. The van der Waals surface area contributed by atoms with E-state index < -0.39 is 12.7 Å². The molecule has 3 rings (SSSR count). The summed E-state index contributed by atoms with van der Waals surface area (Å²) >= 11 is 0. The number of nitrogens with one attached hydrogen (secondary N) is 1. The van der Waals surface area contributed by atoms with Gasteiger partial charge in [0.25, 0.3) is 0 Å². The predicted octanol–water partition coefficient (Wildman–Crippen LogP) is 3.44. The second kappa shape index (κ2) is 8.65. The van der Waals surface area contributed by atoms with Crippen molar-refractivity contribution < 1.29 is 17.6 Å².